The van der Waals surface area contributed by atoms with E-state index in [1.165, 1.54) is 12.0 Å². The zero-order valence-electron chi connectivity index (χ0n) is 16.4. The number of hydrogen-bond acceptors (Lipinski definition) is 7. The normalized spacial score (nSPS) is 15.6. The number of methoxy groups -OCH3 is 2. The van der Waals surface area contributed by atoms with E-state index in [0.29, 0.717) is 35.1 Å². The topological polar surface area (TPSA) is 108 Å². The van der Waals surface area contributed by atoms with Gasteiger partial charge >= 0.3 is 0 Å². The first-order chi connectivity index (χ1) is 13.9. The molecule has 2 aromatic rings. The van der Waals surface area contributed by atoms with Crippen LogP contribution >= 0.6 is 0 Å². The summed E-state index contributed by atoms with van der Waals surface area (Å²) in [4.78, 5) is 14.3. The van der Waals surface area contributed by atoms with Gasteiger partial charge in [-0.2, -0.15) is 0 Å². The van der Waals surface area contributed by atoms with E-state index in [-0.39, 0.29) is 30.5 Å². The van der Waals surface area contributed by atoms with E-state index in [0.717, 1.165) is 5.56 Å². The van der Waals surface area contributed by atoms with Crippen LogP contribution in [0.15, 0.2) is 36.4 Å². The highest BCUT2D eigenvalue weighted by atomic mass is 32.2. The van der Waals surface area contributed by atoms with Gasteiger partial charge in [0.25, 0.3) is 5.91 Å². The Hall–Kier alpha value is -2.78. The average molecular weight is 420 g/mol. The molecule has 9 heteroatoms. The molecule has 3 rings (SSSR count). The van der Waals surface area contributed by atoms with Gasteiger partial charge in [-0.3, -0.25) is 4.79 Å². The number of ether oxygens (including phenoxy) is 3. The quantitative estimate of drug-likeness (QED) is 0.759. The number of nitrogens with two attached hydrogens (primary N) is 1. The lowest BCUT2D eigenvalue weighted by molar-refractivity contribution is 0.0770. The van der Waals surface area contributed by atoms with Crippen molar-refractivity contribution >= 4 is 15.7 Å². The van der Waals surface area contributed by atoms with Crippen molar-refractivity contribution in [1.82, 2.24) is 4.90 Å². The van der Waals surface area contributed by atoms with Crippen molar-refractivity contribution in [1.29, 1.82) is 0 Å². The summed E-state index contributed by atoms with van der Waals surface area (Å²) in [6.45, 7) is 0.699. The fourth-order valence-corrected chi connectivity index (χ4v) is 4.27. The van der Waals surface area contributed by atoms with E-state index in [2.05, 4.69) is 0 Å². The highest BCUT2D eigenvalue weighted by Crippen LogP contribution is 2.35. The Kier molecular flexibility index (Phi) is 6.29. The molecule has 1 aliphatic heterocycles. The molecular weight excluding hydrogens is 396 g/mol. The number of hydrogen-bond donors (Lipinski definition) is 1. The smallest absolute Gasteiger partial charge is 0.254 e. The van der Waals surface area contributed by atoms with E-state index in [1.807, 2.05) is 6.07 Å². The van der Waals surface area contributed by atoms with Gasteiger partial charge in [-0.05, 0) is 24.3 Å². The highest BCUT2D eigenvalue weighted by Gasteiger charge is 2.26. The maximum absolute atomic E-state index is 12.8. The summed E-state index contributed by atoms with van der Waals surface area (Å²) < 4.78 is 39.8. The summed E-state index contributed by atoms with van der Waals surface area (Å²) in [6.07, 6.45) is 0. The summed E-state index contributed by atoms with van der Waals surface area (Å²) >= 11 is 0. The summed E-state index contributed by atoms with van der Waals surface area (Å²) in [5.74, 6) is 1.65. The van der Waals surface area contributed by atoms with E-state index in [9.17, 15) is 13.2 Å². The Morgan fingerprint density at radius 3 is 2.31 bits per heavy atom. The van der Waals surface area contributed by atoms with Crippen molar-refractivity contribution in [2.75, 3.05) is 38.8 Å². The largest absolute Gasteiger partial charge is 0.496 e. The summed E-state index contributed by atoms with van der Waals surface area (Å²) in [7, 11) is 0.00105. The van der Waals surface area contributed by atoms with Gasteiger partial charge in [-0.15, -0.1) is 0 Å². The van der Waals surface area contributed by atoms with E-state index in [4.69, 9.17) is 19.9 Å². The number of benzene rings is 2. The van der Waals surface area contributed by atoms with Crippen LogP contribution in [0.25, 0.3) is 0 Å². The average Bonchev–Trinajstić information content (AvgIpc) is 2.73. The molecule has 0 atom stereocenters. The Morgan fingerprint density at radius 2 is 1.69 bits per heavy atom. The lowest BCUT2D eigenvalue weighted by Crippen LogP contribution is -2.43. The predicted octanol–water partition coefficient (Wildman–Crippen LogP) is 1.83. The van der Waals surface area contributed by atoms with Crippen LogP contribution < -0.4 is 19.9 Å². The van der Waals surface area contributed by atoms with Crippen LogP contribution in [0.5, 0.6) is 23.0 Å². The lowest BCUT2D eigenvalue weighted by Gasteiger charge is -2.27. The summed E-state index contributed by atoms with van der Waals surface area (Å²) in [5.41, 5.74) is 6.93. The van der Waals surface area contributed by atoms with Crippen molar-refractivity contribution in [3.63, 3.8) is 0 Å². The third-order valence-electron chi connectivity index (χ3n) is 4.75. The fourth-order valence-electron chi connectivity index (χ4n) is 3.07. The highest BCUT2D eigenvalue weighted by molar-refractivity contribution is 7.91. The third-order valence-corrected chi connectivity index (χ3v) is 6.36. The molecule has 0 bridgehead atoms. The SMILES string of the molecule is COc1cc(Oc2cc(C(=O)N3CCS(=O)(=O)CC3)ccc2OC)ccc1CN. The molecule has 1 amide bonds. The van der Waals surface area contributed by atoms with E-state index < -0.39 is 9.84 Å². The summed E-state index contributed by atoms with van der Waals surface area (Å²) in [5, 5.41) is 0. The van der Waals surface area contributed by atoms with E-state index in [1.54, 1.807) is 37.4 Å². The number of carbonyl (C=O) groups excluding carboxylic acids is 1. The van der Waals surface area contributed by atoms with Crippen LogP contribution in [0, 0.1) is 0 Å². The van der Waals surface area contributed by atoms with Gasteiger partial charge in [0.15, 0.2) is 21.3 Å². The number of sulfone groups is 1. The van der Waals surface area contributed by atoms with Gasteiger partial charge in [-0.1, -0.05) is 6.07 Å². The molecule has 1 aliphatic rings. The molecular formula is C20H24N2O6S. The van der Waals surface area contributed by atoms with Gasteiger partial charge in [-0.25, -0.2) is 8.42 Å². The van der Waals surface area contributed by atoms with Gasteiger partial charge in [0, 0.05) is 36.8 Å². The van der Waals surface area contributed by atoms with Crippen LogP contribution in [0.3, 0.4) is 0 Å². The maximum atomic E-state index is 12.8. The second kappa shape index (κ2) is 8.71. The standard InChI is InChI=1S/C20H24N2O6S/c1-26-17-6-4-14(20(23)22-7-9-29(24,25)10-8-22)11-19(17)28-16-5-3-15(13-21)18(12-16)27-2/h3-6,11-12H,7-10,13,21H2,1-2H3. The fraction of sp³-hybridized carbons (Fsp3) is 0.350. The van der Waals surface area contributed by atoms with Crippen molar-refractivity contribution in [3.05, 3.63) is 47.5 Å². The molecule has 8 nitrogen and oxygen atoms in total. The molecule has 156 valence electrons. The molecule has 0 radical (unpaired) electrons. The Morgan fingerprint density at radius 1 is 1.00 bits per heavy atom. The van der Waals surface area contributed by atoms with Crippen LogP contribution in [-0.4, -0.2) is 58.0 Å². The van der Waals surface area contributed by atoms with Crippen LogP contribution in [0.1, 0.15) is 15.9 Å². The first-order valence-electron chi connectivity index (χ1n) is 9.09. The molecule has 2 N–H and O–H groups in total. The monoisotopic (exact) mass is 420 g/mol. The number of carbonyl (C=O) groups is 1. The van der Waals surface area contributed by atoms with Crippen molar-refractivity contribution in [2.24, 2.45) is 5.73 Å². The van der Waals surface area contributed by atoms with Gasteiger partial charge in [0.2, 0.25) is 0 Å². The molecule has 0 aliphatic carbocycles. The summed E-state index contributed by atoms with van der Waals surface area (Å²) in [6, 6.07) is 10.2. The molecule has 2 aromatic carbocycles. The van der Waals surface area contributed by atoms with Crippen molar-refractivity contribution in [2.45, 2.75) is 6.54 Å². The van der Waals surface area contributed by atoms with Gasteiger partial charge in [0.1, 0.15) is 11.5 Å². The zero-order valence-corrected chi connectivity index (χ0v) is 17.2. The van der Waals surface area contributed by atoms with Crippen molar-refractivity contribution < 1.29 is 27.4 Å². The minimum atomic E-state index is -3.06. The van der Waals surface area contributed by atoms with Crippen molar-refractivity contribution in [3.8, 4) is 23.0 Å². The minimum absolute atomic E-state index is 0.0223. The minimum Gasteiger partial charge on any atom is -0.496 e. The van der Waals surface area contributed by atoms with Crippen LogP contribution in [-0.2, 0) is 16.4 Å². The molecule has 0 saturated carbocycles. The van der Waals surface area contributed by atoms with Gasteiger partial charge < -0.3 is 24.8 Å². The first kappa shape index (κ1) is 20.9. The molecule has 0 spiro atoms. The molecule has 1 fully saturated rings. The van der Waals surface area contributed by atoms with E-state index >= 15 is 0 Å². The Balaban J connectivity index is 1.85. The predicted molar refractivity (Wildman–Crippen MR) is 109 cm³/mol. The zero-order chi connectivity index (χ0) is 21.0. The maximum Gasteiger partial charge on any atom is 0.254 e. The first-order valence-corrected chi connectivity index (χ1v) is 10.9. The number of amides is 1. The molecule has 1 heterocycles. The van der Waals surface area contributed by atoms with Crippen LogP contribution in [0.2, 0.25) is 0 Å². The second-order valence-electron chi connectivity index (χ2n) is 6.59. The van der Waals surface area contributed by atoms with Gasteiger partial charge in [0.05, 0.1) is 25.7 Å². The molecule has 29 heavy (non-hydrogen) atoms. The second-order valence-corrected chi connectivity index (χ2v) is 8.89. The van der Waals surface area contributed by atoms with Crippen LogP contribution in [0.4, 0.5) is 0 Å². The molecule has 0 aromatic heterocycles. The molecule has 1 saturated heterocycles. The number of rotatable bonds is 6. The third kappa shape index (κ3) is 4.80. The Labute approximate surface area is 170 Å². The lowest BCUT2D eigenvalue weighted by atomic mass is 10.1. The molecule has 0 unspecified atom stereocenters. The Bertz CT molecular complexity index is 992. The number of nitrogens with zero attached hydrogens (tertiary/aromatic N) is 1.